The molecule has 2 N–H and O–H groups in total. The smallest absolute Gasteiger partial charge is 0.00513 e. The molecule has 82 valence electrons. The van der Waals surface area contributed by atoms with Gasteiger partial charge in [0, 0.05) is 4.88 Å². The second kappa shape index (κ2) is 3.60. The van der Waals surface area contributed by atoms with Gasteiger partial charge in [0.15, 0.2) is 0 Å². The Balaban J connectivity index is 1.82. The molecule has 0 aromatic carbocycles. The molecular formula is C13H19NS. The van der Waals surface area contributed by atoms with Crippen LogP contribution in [0.25, 0.3) is 0 Å². The van der Waals surface area contributed by atoms with Crippen LogP contribution in [0.3, 0.4) is 0 Å². The van der Waals surface area contributed by atoms with Crippen molar-refractivity contribution in [2.45, 2.75) is 32.1 Å². The van der Waals surface area contributed by atoms with E-state index in [0.29, 0.717) is 5.41 Å². The van der Waals surface area contributed by atoms with Gasteiger partial charge in [0.05, 0.1) is 0 Å². The molecule has 0 aliphatic heterocycles. The SMILES string of the molecule is NCC1(Cc2cccs2)CC2CCC1C2. The van der Waals surface area contributed by atoms with Crippen LogP contribution in [0.1, 0.15) is 30.6 Å². The Kier molecular flexibility index (Phi) is 2.37. The Labute approximate surface area is 95.7 Å². The lowest BCUT2D eigenvalue weighted by Gasteiger charge is -2.36. The van der Waals surface area contributed by atoms with Gasteiger partial charge in [-0.1, -0.05) is 12.5 Å². The zero-order valence-electron chi connectivity index (χ0n) is 9.11. The third kappa shape index (κ3) is 1.55. The van der Waals surface area contributed by atoms with Crippen LogP contribution in [0.4, 0.5) is 0 Å². The Hall–Kier alpha value is -0.340. The highest BCUT2D eigenvalue weighted by atomic mass is 32.1. The minimum Gasteiger partial charge on any atom is -0.330 e. The average molecular weight is 221 g/mol. The summed E-state index contributed by atoms with van der Waals surface area (Å²) < 4.78 is 0. The Morgan fingerprint density at radius 2 is 2.40 bits per heavy atom. The highest BCUT2D eigenvalue weighted by Crippen LogP contribution is 2.56. The van der Waals surface area contributed by atoms with Gasteiger partial charge in [-0.05, 0) is 60.9 Å². The summed E-state index contributed by atoms with van der Waals surface area (Å²) in [4.78, 5) is 1.54. The molecule has 3 rings (SSSR count). The van der Waals surface area contributed by atoms with Crippen molar-refractivity contribution < 1.29 is 0 Å². The summed E-state index contributed by atoms with van der Waals surface area (Å²) in [5.74, 6) is 1.92. The molecular weight excluding hydrogens is 202 g/mol. The highest BCUT2D eigenvalue weighted by molar-refractivity contribution is 7.09. The molecule has 1 aromatic heterocycles. The number of hydrogen-bond acceptors (Lipinski definition) is 2. The molecule has 15 heavy (non-hydrogen) atoms. The normalized spacial score (nSPS) is 38.7. The fraction of sp³-hybridized carbons (Fsp3) is 0.692. The maximum atomic E-state index is 6.08. The molecule has 0 radical (unpaired) electrons. The Bertz CT molecular complexity index is 332. The van der Waals surface area contributed by atoms with Gasteiger partial charge in [0.2, 0.25) is 0 Å². The van der Waals surface area contributed by atoms with E-state index in [1.165, 1.54) is 37.0 Å². The van der Waals surface area contributed by atoms with Crippen LogP contribution in [0.15, 0.2) is 17.5 Å². The van der Waals surface area contributed by atoms with Gasteiger partial charge in [0.25, 0.3) is 0 Å². The molecule has 1 heterocycles. The van der Waals surface area contributed by atoms with Gasteiger partial charge in [-0.2, -0.15) is 0 Å². The monoisotopic (exact) mass is 221 g/mol. The first-order chi connectivity index (χ1) is 7.32. The zero-order chi connectivity index (χ0) is 10.3. The van der Waals surface area contributed by atoms with Gasteiger partial charge >= 0.3 is 0 Å². The van der Waals surface area contributed by atoms with Gasteiger partial charge in [0.1, 0.15) is 0 Å². The third-order valence-electron chi connectivity index (χ3n) is 4.62. The van der Waals surface area contributed by atoms with Gasteiger partial charge in [-0.3, -0.25) is 0 Å². The fourth-order valence-corrected chi connectivity index (χ4v) is 4.72. The summed E-state index contributed by atoms with van der Waals surface area (Å²) in [5.41, 5.74) is 6.54. The molecule has 2 aliphatic rings. The number of nitrogens with two attached hydrogens (primary N) is 1. The van der Waals surface area contributed by atoms with Gasteiger partial charge < -0.3 is 5.73 Å². The van der Waals surface area contributed by atoms with E-state index in [0.717, 1.165) is 18.4 Å². The van der Waals surface area contributed by atoms with Crippen molar-refractivity contribution >= 4 is 11.3 Å². The minimum absolute atomic E-state index is 0.466. The average Bonchev–Trinajstić information content (AvgIpc) is 2.93. The molecule has 3 unspecified atom stereocenters. The first-order valence-electron chi connectivity index (χ1n) is 6.05. The molecule has 0 amide bonds. The van der Waals surface area contributed by atoms with E-state index in [-0.39, 0.29) is 0 Å². The van der Waals surface area contributed by atoms with Crippen molar-refractivity contribution in [2.24, 2.45) is 23.0 Å². The highest BCUT2D eigenvalue weighted by Gasteiger charge is 2.49. The predicted octanol–water partition coefficient (Wildman–Crippen LogP) is 3.06. The summed E-state index contributed by atoms with van der Waals surface area (Å²) >= 11 is 1.90. The molecule has 2 heteroatoms. The van der Waals surface area contributed by atoms with Crippen LogP contribution in [0, 0.1) is 17.3 Å². The summed E-state index contributed by atoms with van der Waals surface area (Å²) in [6, 6.07) is 4.44. The van der Waals surface area contributed by atoms with Crippen molar-refractivity contribution in [1.82, 2.24) is 0 Å². The number of rotatable bonds is 3. The molecule has 2 aliphatic carbocycles. The van der Waals surface area contributed by atoms with E-state index in [9.17, 15) is 0 Å². The van der Waals surface area contributed by atoms with Crippen LogP contribution in [0.2, 0.25) is 0 Å². The molecule has 0 saturated heterocycles. The standard InChI is InChI=1S/C13H19NS/c14-9-13(8-12-2-1-5-15-12)7-10-3-4-11(13)6-10/h1-2,5,10-11H,3-4,6-9,14H2. The number of hydrogen-bond donors (Lipinski definition) is 1. The molecule has 1 aromatic rings. The van der Waals surface area contributed by atoms with E-state index in [1.807, 2.05) is 11.3 Å². The zero-order valence-corrected chi connectivity index (χ0v) is 9.93. The topological polar surface area (TPSA) is 26.0 Å². The molecule has 1 nitrogen and oxygen atoms in total. The lowest BCUT2D eigenvalue weighted by Crippen LogP contribution is -2.37. The van der Waals surface area contributed by atoms with E-state index >= 15 is 0 Å². The van der Waals surface area contributed by atoms with E-state index in [2.05, 4.69) is 17.5 Å². The fourth-order valence-electron chi connectivity index (χ4n) is 3.86. The number of fused-ring (bicyclic) bond motifs is 2. The van der Waals surface area contributed by atoms with Crippen molar-refractivity contribution in [1.29, 1.82) is 0 Å². The summed E-state index contributed by atoms with van der Waals surface area (Å²) in [7, 11) is 0. The van der Waals surface area contributed by atoms with Crippen LogP contribution in [-0.2, 0) is 6.42 Å². The quantitative estimate of drug-likeness (QED) is 0.834. The maximum Gasteiger partial charge on any atom is 0.00513 e. The summed E-state index contributed by atoms with van der Waals surface area (Å²) in [5, 5.41) is 2.19. The van der Waals surface area contributed by atoms with Crippen molar-refractivity contribution in [3.05, 3.63) is 22.4 Å². The molecule has 2 saturated carbocycles. The van der Waals surface area contributed by atoms with Crippen LogP contribution >= 0.6 is 11.3 Å². The lowest BCUT2D eigenvalue weighted by molar-refractivity contribution is 0.173. The van der Waals surface area contributed by atoms with Crippen LogP contribution < -0.4 is 5.73 Å². The van der Waals surface area contributed by atoms with E-state index in [4.69, 9.17) is 5.73 Å². The lowest BCUT2D eigenvalue weighted by atomic mass is 9.70. The molecule has 2 bridgehead atoms. The second-order valence-corrected chi connectivity index (χ2v) is 6.44. The van der Waals surface area contributed by atoms with Gasteiger partial charge in [-0.25, -0.2) is 0 Å². The van der Waals surface area contributed by atoms with Crippen LogP contribution in [0.5, 0.6) is 0 Å². The molecule has 0 spiro atoms. The second-order valence-electron chi connectivity index (χ2n) is 5.40. The number of thiophene rings is 1. The predicted molar refractivity (Wildman–Crippen MR) is 65.0 cm³/mol. The molecule has 2 fully saturated rings. The van der Waals surface area contributed by atoms with Crippen LogP contribution in [-0.4, -0.2) is 6.54 Å². The van der Waals surface area contributed by atoms with Crippen molar-refractivity contribution in [2.75, 3.05) is 6.54 Å². The van der Waals surface area contributed by atoms with E-state index < -0.39 is 0 Å². The van der Waals surface area contributed by atoms with Crippen molar-refractivity contribution in [3.63, 3.8) is 0 Å². The largest absolute Gasteiger partial charge is 0.330 e. The first kappa shape index (κ1) is 9.86. The Morgan fingerprint density at radius 1 is 1.47 bits per heavy atom. The minimum atomic E-state index is 0.466. The van der Waals surface area contributed by atoms with Crippen molar-refractivity contribution in [3.8, 4) is 0 Å². The first-order valence-corrected chi connectivity index (χ1v) is 6.93. The summed E-state index contributed by atoms with van der Waals surface area (Å²) in [6.45, 7) is 0.895. The maximum absolute atomic E-state index is 6.08. The molecule has 3 atom stereocenters. The third-order valence-corrected chi connectivity index (χ3v) is 5.49. The van der Waals surface area contributed by atoms with Gasteiger partial charge in [-0.15, -0.1) is 11.3 Å². The van der Waals surface area contributed by atoms with E-state index in [1.54, 1.807) is 0 Å². The Morgan fingerprint density at radius 3 is 2.93 bits per heavy atom. The summed E-state index contributed by atoms with van der Waals surface area (Å²) in [6.07, 6.45) is 7.00.